The van der Waals surface area contributed by atoms with Crippen LogP contribution < -0.4 is 4.74 Å². The lowest BCUT2D eigenvalue weighted by atomic mass is 10.2. The van der Waals surface area contributed by atoms with Crippen LogP contribution in [0.5, 0.6) is 5.75 Å². The molecule has 0 N–H and O–H groups in total. The molecule has 0 amide bonds. The average Bonchev–Trinajstić information content (AvgIpc) is 3.05. The quantitative estimate of drug-likeness (QED) is 0.466. The van der Waals surface area contributed by atoms with Crippen molar-refractivity contribution < 1.29 is 4.74 Å². The van der Waals surface area contributed by atoms with Crippen LogP contribution in [0.25, 0.3) is 17.1 Å². The summed E-state index contributed by atoms with van der Waals surface area (Å²) < 4.78 is 7.59. The number of pyridine rings is 1. The number of rotatable bonds is 7. The molecule has 0 aliphatic heterocycles. The molecule has 128 valence electrons. The summed E-state index contributed by atoms with van der Waals surface area (Å²) in [6, 6.07) is 11.8. The molecular formula is C19H20N4OS. The molecule has 3 rings (SSSR count). The molecule has 0 fully saturated rings. The number of benzene rings is 1. The van der Waals surface area contributed by atoms with Crippen LogP contribution in [-0.4, -0.2) is 32.1 Å². The number of hydrogen-bond donors (Lipinski definition) is 0. The van der Waals surface area contributed by atoms with Crippen LogP contribution in [0, 0.1) is 0 Å². The van der Waals surface area contributed by atoms with Crippen LogP contribution >= 0.6 is 11.8 Å². The lowest BCUT2D eigenvalue weighted by Crippen LogP contribution is -2.00. The second kappa shape index (κ2) is 7.98. The fourth-order valence-electron chi connectivity index (χ4n) is 2.33. The van der Waals surface area contributed by atoms with Crippen molar-refractivity contribution in [1.29, 1.82) is 0 Å². The van der Waals surface area contributed by atoms with E-state index in [1.54, 1.807) is 24.2 Å². The zero-order valence-corrected chi connectivity index (χ0v) is 15.2. The Hall–Kier alpha value is -2.60. The van der Waals surface area contributed by atoms with E-state index in [2.05, 4.69) is 26.3 Å². The van der Waals surface area contributed by atoms with Gasteiger partial charge in [-0.1, -0.05) is 23.9 Å². The molecule has 5 nitrogen and oxygen atoms in total. The maximum absolute atomic E-state index is 5.54. The Balaban J connectivity index is 2.04. The van der Waals surface area contributed by atoms with Crippen molar-refractivity contribution in [3.63, 3.8) is 0 Å². The SMILES string of the molecule is C=C(C)CSc1nnc(-c2ccncc2)n1-c1ccc(OCC)cc1. The molecule has 0 radical (unpaired) electrons. The van der Waals surface area contributed by atoms with Gasteiger partial charge in [0.05, 0.1) is 6.61 Å². The molecule has 0 aliphatic rings. The third-order valence-electron chi connectivity index (χ3n) is 3.43. The summed E-state index contributed by atoms with van der Waals surface area (Å²) in [5.41, 5.74) is 3.06. The first-order valence-electron chi connectivity index (χ1n) is 8.05. The highest BCUT2D eigenvalue weighted by molar-refractivity contribution is 7.99. The largest absolute Gasteiger partial charge is 0.494 e. The van der Waals surface area contributed by atoms with Gasteiger partial charge in [0.1, 0.15) is 5.75 Å². The molecule has 3 aromatic rings. The molecule has 1 aromatic carbocycles. The van der Waals surface area contributed by atoms with Gasteiger partial charge in [-0.05, 0) is 50.2 Å². The van der Waals surface area contributed by atoms with Gasteiger partial charge in [-0.15, -0.1) is 10.2 Å². The van der Waals surface area contributed by atoms with Crippen molar-refractivity contribution in [3.05, 3.63) is 60.9 Å². The molecule has 0 saturated heterocycles. The van der Waals surface area contributed by atoms with E-state index in [-0.39, 0.29) is 0 Å². The third-order valence-corrected chi connectivity index (χ3v) is 4.59. The molecule has 0 saturated carbocycles. The van der Waals surface area contributed by atoms with Crippen LogP contribution in [-0.2, 0) is 0 Å². The highest BCUT2D eigenvalue weighted by Gasteiger charge is 2.16. The Labute approximate surface area is 151 Å². The summed E-state index contributed by atoms with van der Waals surface area (Å²) >= 11 is 1.62. The second-order valence-corrected chi connectivity index (χ2v) is 6.49. The van der Waals surface area contributed by atoms with Crippen molar-refractivity contribution >= 4 is 11.8 Å². The minimum absolute atomic E-state index is 0.647. The number of hydrogen-bond acceptors (Lipinski definition) is 5. The van der Waals surface area contributed by atoms with E-state index in [0.717, 1.165) is 39.3 Å². The highest BCUT2D eigenvalue weighted by atomic mass is 32.2. The summed E-state index contributed by atoms with van der Waals surface area (Å²) in [7, 11) is 0. The Morgan fingerprint density at radius 3 is 2.48 bits per heavy atom. The normalized spacial score (nSPS) is 10.6. The number of ether oxygens (including phenoxy) is 1. The first-order chi connectivity index (χ1) is 12.2. The Kier molecular flexibility index (Phi) is 5.50. The molecule has 6 heteroatoms. The lowest BCUT2D eigenvalue weighted by Gasteiger charge is -2.11. The Morgan fingerprint density at radius 1 is 1.12 bits per heavy atom. The molecule has 0 atom stereocenters. The zero-order chi connectivity index (χ0) is 17.6. The van der Waals surface area contributed by atoms with Gasteiger partial charge < -0.3 is 4.74 Å². The smallest absolute Gasteiger partial charge is 0.196 e. The molecule has 0 bridgehead atoms. The van der Waals surface area contributed by atoms with Crippen molar-refractivity contribution in [3.8, 4) is 22.8 Å². The van der Waals surface area contributed by atoms with E-state index < -0.39 is 0 Å². The van der Waals surface area contributed by atoms with Crippen LogP contribution in [0.3, 0.4) is 0 Å². The van der Waals surface area contributed by atoms with Gasteiger partial charge in [-0.2, -0.15) is 0 Å². The summed E-state index contributed by atoms with van der Waals surface area (Å²) in [5.74, 6) is 2.43. The van der Waals surface area contributed by atoms with Gasteiger partial charge in [0.2, 0.25) is 0 Å². The molecule has 0 unspecified atom stereocenters. The van der Waals surface area contributed by atoms with E-state index in [9.17, 15) is 0 Å². The van der Waals surface area contributed by atoms with Crippen LogP contribution in [0.2, 0.25) is 0 Å². The molecule has 0 spiro atoms. The fourth-order valence-corrected chi connectivity index (χ4v) is 3.13. The monoisotopic (exact) mass is 352 g/mol. The van der Waals surface area contributed by atoms with Crippen LogP contribution in [0.15, 0.2) is 66.1 Å². The Morgan fingerprint density at radius 2 is 1.84 bits per heavy atom. The summed E-state index contributed by atoms with van der Waals surface area (Å²) in [4.78, 5) is 4.08. The summed E-state index contributed by atoms with van der Waals surface area (Å²) in [6.07, 6.45) is 3.51. The second-order valence-electron chi connectivity index (χ2n) is 5.55. The number of nitrogens with zero attached hydrogens (tertiary/aromatic N) is 4. The van der Waals surface area contributed by atoms with E-state index in [1.807, 2.05) is 50.2 Å². The van der Waals surface area contributed by atoms with Gasteiger partial charge >= 0.3 is 0 Å². The zero-order valence-electron chi connectivity index (χ0n) is 14.3. The van der Waals surface area contributed by atoms with Gasteiger partial charge in [0.15, 0.2) is 11.0 Å². The molecule has 2 heterocycles. The van der Waals surface area contributed by atoms with E-state index in [0.29, 0.717) is 6.61 Å². The first kappa shape index (κ1) is 17.2. The van der Waals surface area contributed by atoms with Crippen molar-refractivity contribution in [2.75, 3.05) is 12.4 Å². The number of thioether (sulfide) groups is 1. The van der Waals surface area contributed by atoms with E-state index in [4.69, 9.17) is 4.74 Å². The summed E-state index contributed by atoms with van der Waals surface area (Å²) in [5, 5.41) is 9.62. The molecule has 25 heavy (non-hydrogen) atoms. The maximum Gasteiger partial charge on any atom is 0.196 e. The van der Waals surface area contributed by atoms with Crippen LogP contribution in [0.1, 0.15) is 13.8 Å². The van der Waals surface area contributed by atoms with Crippen LogP contribution in [0.4, 0.5) is 0 Å². The standard InChI is InChI=1S/C19H20N4OS/c1-4-24-17-7-5-16(6-8-17)23-18(15-9-11-20-12-10-15)21-22-19(23)25-13-14(2)3/h5-12H,2,4,13H2,1,3H3. The summed E-state index contributed by atoms with van der Waals surface area (Å²) in [6.45, 7) is 8.60. The van der Waals surface area contributed by atoms with Crippen molar-refractivity contribution in [2.24, 2.45) is 0 Å². The lowest BCUT2D eigenvalue weighted by molar-refractivity contribution is 0.340. The minimum Gasteiger partial charge on any atom is -0.494 e. The molecule has 0 aliphatic carbocycles. The highest BCUT2D eigenvalue weighted by Crippen LogP contribution is 2.29. The van der Waals surface area contributed by atoms with Crippen molar-refractivity contribution in [1.82, 2.24) is 19.7 Å². The molecular weight excluding hydrogens is 332 g/mol. The maximum atomic E-state index is 5.54. The average molecular weight is 352 g/mol. The predicted octanol–water partition coefficient (Wildman–Crippen LogP) is 4.40. The molecule has 2 aromatic heterocycles. The van der Waals surface area contributed by atoms with Gasteiger partial charge in [0.25, 0.3) is 0 Å². The first-order valence-corrected chi connectivity index (χ1v) is 9.04. The third kappa shape index (κ3) is 4.09. The predicted molar refractivity (Wildman–Crippen MR) is 101 cm³/mol. The fraction of sp³-hybridized carbons (Fsp3) is 0.211. The minimum atomic E-state index is 0.647. The van der Waals surface area contributed by atoms with E-state index >= 15 is 0 Å². The number of aromatic nitrogens is 4. The Bertz CT molecular complexity index is 844. The topological polar surface area (TPSA) is 52.8 Å². The van der Waals surface area contributed by atoms with Gasteiger partial charge in [-0.3, -0.25) is 9.55 Å². The van der Waals surface area contributed by atoms with Crippen molar-refractivity contribution in [2.45, 2.75) is 19.0 Å². The van der Waals surface area contributed by atoms with Gasteiger partial charge in [0, 0.05) is 29.4 Å². The van der Waals surface area contributed by atoms with E-state index in [1.165, 1.54) is 0 Å². The van der Waals surface area contributed by atoms with Gasteiger partial charge in [-0.25, -0.2) is 0 Å².